The average molecular weight is 240 g/mol. The molecule has 0 unspecified atom stereocenters. The predicted molar refractivity (Wildman–Crippen MR) is 59.9 cm³/mol. The van der Waals surface area contributed by atoms with Crippen molar-refractivity contribution in [3.63, 3.8) is 0 Å². The molecule has 5 heteroatoms. The van der Waals surface area contributed by atoms with E-state index in [0.717, 1.165) is 0 Å². The fourth-order valence-electron chi connectivity index (χ4n) is 1.48. The number of hydrogen-bond acceptors (Lipinski definition) is 5. The smallest absolute Gasteiger partial charge is 0.371 e. The molecule has 1 aromatic carbocycles. The Balaban J connectivity index is 3.08. The summed E-state index contributed by atoms with van der Waals surface area (Å²) in [5.41, 5.74) is 0.591. The number of carbonyl (C=O) groups is 1. The number of benzene rings is 1. The fourth-order valence-corrected chi connectivity index (χ4v) is 1.48. The lowest BCUT2D eigenvalue weighted by Crippen LogP contribution is -2.38. The second-order valence-electron chi connectivity index (χ2n) is 3.48. The minimum atomic E-state index is -2.65. The topological polar surface area (TPSA) is 76.0 Å². The summed E-state index contributed by atoms with van der Waals surface area (Å²) in [4.78, 5) is 11.5. The summed E-state index contributed by atoms with van der Waals surface area (Å²) in [5, 5.41) is 19.6. The molecule has 0 atom stereocenters. The van der Waals surface area contributed by atoms with Crippen molar-refractivity contribution in [1.29, 1.82) is 0 Å². The molecule has 1 rings (SSSR count). The number of methoxy groups -OCH3 is 1. The van der Waals surface area contributed by atoms with Crippen molar-refractivity contribution in [1.82, 2.24) is 0 Å². The van der Waals surface area contributed by atoms with Gasteiger partial charge in [0.2, 0.25) is 0 Å². The molecule has 0 fully saturated rings. The molecule has 2 N–H and O–H groups in total. The first-order valence-corrected chi connectivity index (χ1v) is 5.23. The second-order valence-corrected chi connectivity index (χ2v) is 3.48. The molecular weight excluding hydrogens is 224 g/mol. The van der Waals surface area contributed by atoms with Crippen molar-refractivity contribution in [2.45, 2.75) is 19.3 Å². The number of rotatable bonds is 5. The van der Waals surface area contributed by atoms with E-state index in [2.05, 4.69) is 4.74 Å². The summed E-state index contributed by atoms with van der Waals surface area (Å²) in [6.07, 6.45) is 0. The quantitative estimate of drug-likeness (QED) is 0.580. The van der Waals surface area contributed by atoms with Crippen LogP contribution >= 0.6 is 0 Å². The molecule has 1 aromatic rings. The minimum Gasteiger partial charge on any atom is -0.462 e. The Bertz CT molecular complexity index is 386. The number of aliphatic hydroxyl groups is 2. The molecule has 0 aromatic heterocycles. The van der Waals surface area contributed by atoms with Crippen molar-refractivity contribution in [2.24, 2.45) is 0 Å². The lowest BCUT2D eigenvalue weighted by atomic mass is 10.00. The molecule has 94 valence electrons. The van der Waals surface area contributed by atoms with E-state index in [9.17, 15) is 15.0 Å². The van der Waals surface area contributed by atoms with Gasteiger partial charge in [-0.2, -0.15) is 0 Å². The summed E-state index contributed by atoms with van der Waals surface area (Å²) < 4.78 is 9.54. The monoisotopic (exact) mass is 240 g/mol. The van der Waals surface area contributed by atoms with Crippen LogP contribution in [-0.4, -0.2) is 29.9 Å². The highest BCUT2D eigenvalue weighted by Gasteiger charge is 2.38. The van der Waals surface area contributed by atoms with Crippen LogP contribution in [0.3, 0.4) is 0 Å². The Morgan fingerprint density at radius 3 is 2.59 bits per heavy atom. The van der Waals surface area contributed by atoms with Crippen LogP contribution in [0.4, 0.5) is 0 Å². The van der Waals surface area contributed by atoms with Gasteiger partial charge in [-0.05, 0) is 12.5 Å². The van der Waals surface area contributed by atoms with E-state index in [1.54, 1.807) is 25.1 Å². The van der Waals surface area contributed by atoms with Crippen LogP contribution in [0.25, 0.3) is 0 Å². The van der Waals surface area contributed by atoms with E-state index in [4.69, 9.17) is 4.74 Å². The maximum Gasteiger partial charge on any atom is 0.371 e. The number of carbonyl (C=O) groups excluding carboxylic acids is 1. The number of esters is 1. The highest BCUT2D eigenvalue weighted by Crippen LogP contribution is 2.24. The summed E-state index contributed by atoms with van der Waals surface area (Å²) in [6.45, 7) is 1.85. The van der Waals surface area contributed by atoms with Gasteiger partial charge in [0.25, 0.3) is 5.79 Å². The van der Waals surface area contributed by atoms with Gasteiger partial charge in [0.1, 0.15) is 0 Å². The predicted octanol–water partition coefficient (Wildman–Crippen LogP) is 0.534. The van der Waals surface area contributed by atoms with Gasteiger partial charge in [0.05, 0.1) is 13.2 Å². The van der Waals surface area contributed by atoms with Gasteiger partial charge in [-0.3, -0.25) is 0 Å². The number of ether oxygens (including phenoxy) is 2. The van der Waals surface area contributed by atoms with Gasteiger partial charge in [-0.25, -0.2) is 4.79 Å². The van der Waals surface area contributed by atoms with Crippen molar-refractivity contribution >= 4 is 5.97 Å². The maximum absolute atomic E-state index is 11.5. The maximum atomic E-state index is 11.5. The highest BCUT2D eigenvalue weighted by molar-refractivity contribution is 5.79. The van der Waals surface area contributed by atoms with E-state index >= 15 is 0 Å². The standard InChI is InChI=1S/C12H16O5/c1-3-17-11(13)12(14,15)10-7-5-4-6-9(10)8-16-2/h4-7,14-15H,3,8H2,1-2H3. The van der Waals surface area contributed by atoms with Crippen molar-refractivity contribution in [3.8, 4) is 0 Å². The average Bonchev–Trinajstić information content (AvgIpc) is 2.30. The Kier molecular flexibility index (Phi) is 4.62. The molecule has 0 amide bonds. The Hall–Kier alpha value is -1.43. The molecule has 0 aliphatic carbocycles. The van der Waals surface area contributed by atoms with Gasteiger partial charge in [-0.15, -0.1) is 0 Å². The molecule has 0 radical (unpaired) electrons. The van der Waals surface area contributed by atoms with Crippen LogP contribution in [0.2, 0.25) is 0 Å². The van der Waals surface area contributed by atoms with Gasteiger partial charge >= 0.3 is 5.97 Å². The van der Waals surface area contributed by atoms with Gasteiger partial charge in [0.15, 0.2) is 0 Å². The largest absolute Gasteiger partial charge is 0.462 e. The zero-order chi connectivity index (χ0) is 12.9. The van der Waals surface area contributed by atoms with E-state index in [1.165, 1.54) is 13.2 Å². The lowest BCUT2D eigenvalue weighted by molar-refractivity contribution is -0.214. The third kappa shape index (κ3) is 3.03. The minimum absolute atomic E-state index is 0.0697. The van der Waals surface area contributed by atoms with Crippen LogP contribution in [0.15, 0.2) is 24.3 Å². The van der Waals surface area contributed by atoms with Gasteiger partial charge < -0.3 is 19.7 Å². The third-order valence-corrected chi connectivity index (χ3v) is 2.25. The van der Waals surface area contributed by atoms with E-state index in [0.29, 0.717) is 5.56 Å². The number of hydrogen-bond donors (Lipinski definition) is 2. The van der Waals surface area contributed by atoms with Crippen LogP contribution < -0.4 is 0 Å². The zero-order valence-corrected chi connectivity index (χ0v) is 9.84. The Morgan fingerprint density at radius 1 is 1.35 bits per heavy atom. The Morgan fingerprint density at radius 2 is 2.00 bits per heavy atom. The summed E-state index contributed by atoms with van der Waals surface area (Å²) in [7, 11) is 1.48. The first-order chi connectivity index (χ1) is 8.04. The van der Waals surface area contributed by atoms with Gasteiger partial charge in [0, 0.05) is 12.7 Å². The molecule has 0 saturated carbocycles. The van der Waals surface area contributed by atoms with Gasteiger partial charge in [-0.1, -0.05) is 24.3 Å². The lowest BCUT2D eigenvalue weighted by Gasteiger charge is -2.22. The fraction of sp³-hybridized carbons (Fsp3) is 0.417. The van der Waals surface area contributed by atoms with Crippen molar-refractivity contribution < 1.29 is 24.5 Å². The van der Waals surface area contributed by atoms with E-state index in [1.807, 2.05) is 0 Å². The summed E-state index contributed by atoms with van der Waals surface area (Å²) >= 11 is 0. The first kappa shape index (κ1) is 13.6. The molecule has 0 saturated heterocycles. The van der Waals surface area contributed by atoms with E-state index < -0.39 is 11.8 Å². The second kappa shape index (κ2) is 5.77. The van der Waals surface area contributed by atoms with Crippen molar-refractivity contribution in [2.75, 3.05) is 13.7 Å². The SMILES string of the molecule is CCOC(=O)C(O)(O)c1ccccc1COC. The molecule has 0 aliphatic heterocycles. The zero-order valence-electron chi connectivity index (χ0n) is 9.84. The Labute approximate surface area is 99.6 Å². The van der Waals surface area contributed by atoms with Crippen LogP contribution in [0.1, 0.15) is 18.1 Å². The molecule has 5 nitrogen and oxygen atoms in total. The molecular formula is C12H16O5. The van der Waals surface area contributed by atoms with Crippen molar-refractivity contribution in [3.05, 3.63) is 35.4 Å². The molecule has 0 spiro atoms. The normalized spacial score (nSPS) is 11.3. The molecule has 17 heavy (non-hydrogen) atoms. The van der Waals surface area contributed by atoms with E-state index in [-0.39, 0.29) is 18.8 Å². The molecule has 0 aliphatic rings. The molecule has 0 heterocycles. The van der Waals surface area contributed by atoms with Crippen LogP contribution in [0.5, 0.6) is 0 Å². The van der Waals surface area contributed by atoms with Crippen LogP contribution in [-0.2, 0) is 26.7 Å². The summed E-state index contributed by atoms with van der Waals surface area (Å²) in [5.74, 6) is -3.74. The highest BCUT2D eigenvalue weighted by atomic mass is 16.6. The third-order valence-electron chi connectivity index (χ3n) is 2.25. The molecule has 0 bridgehead atoms. The first-order valence-electron chi connectivity index (χ1n) is 5.23. The van der Waals surface area contributed by atoms with Crippen LogP contribution in [0, 0.1) is 0 Å². The summed E-state index contributed by atoms with van der Waals surface area (Å²) in [6, 6.07) is 6.43.